The Morgan fingerprint density at radius 3 is 2.58 bits per heavy atom. The van der Waals surface area contributed by atoms with Crippen molar-refractivity contribution in [3.63, 3.8) is 0 Å². The van der Waals surface area contributed by atoms with Gasteiger partial charge in [-0.2, -0.15) is 0 Å². The molecule has 0 heterocycles. The van der Waals surface area contributed by atoms with Gasteiger partial charge in [-0.3, -0.25) is 0 Å². The van der Waals surface area contributed by atoms with Crippen molar-refractivity contribution in [1.29, 1.82) is 0 Å². The van der Waals surface area contributed by atoms with E-state index in [1.807, 2.05) is 12.1 Å². The maximum Gasteiger partial charge on any atom is 0.161 e. The number of methoxy groups -OCH3 is 1. The molecule has 2 N–H and O–H groups in total. The van der Waals surface area contributed by atoms with Gasteiger partial charge in [0.05, 0.1) is 7.11 Å². The van der Waals surface area contributed by atoms with E-state index in [0.717, 1.165) is 19.6 Å². The van der Waals surface area contributed by atoms with E-state index in [4.69, 9.17) is 9.47 Å². The summed E-state index contributed by atoms with van der Waals surface area (Å²) in [6.45, 7) is 7.79. The van der Waals surface area contributed by atoms with Gasteiger partial charge in [0.1, 0.15) is 12.7 Å². The van der Waals surface area contributed by atoms with E-state index in [9.17, 15) is 5.11 Å². The molecule has 1 saturated carbocycles. The summed E-state index contributed by atoms with van der Waals surface area (Å²) in [7, 11) is 1.64. The van der Waals surface area contributed by atoms with Crippen molar-refractivity contribution >= 4 is 0 Å². The first kappa shape index (κ1) is 19.0. The van der Waals surface area contributed by atoms with Crippen LogP contribution in [0.25, 0.3) is 0 Å². The summed E-state index contributed by atoms with van der Waals surface area (Å²) in [5, 5.41) is 13.7. The Bertz CT molecular complexity index is 488. The van der Waals surface area contributed by atoms with Gasteiger partial charge in [-0.25, -0.2) is 0 Å². The smallest absolute Gasteiger partial charge is 0.161 e. The molecule has 1 aliphatic carbocycles. The second kappa shape index (κ2) is 9.87. The fourth-order valence-corrected chi connectivity index (χ4v) is 2.84. The fourth-order valence-electron chi connectivity index (χ4n) is 2.84. The van der Waals surface area contributed by atoms with Gasteiger partial charge in [-0.05, 0) is 43.6 Å². The van der Waals surface area contributed by atoms with Crippen LogP contribution < -0.4 is 14.8 Å². The van der Waals surface area contributed by atoms with E-state index >= 15 is 0 Å². The highest BCUT2D eigenvalue weighted by atomic mass is 16.5. The summed E-state index contributed by atoms with van der Waals surface area (Å²) >= 11 is 0. The maximum atomic E-state index is 10.2. The lowest BCUT2D eigenvalue weighted by molar-refractivity contribution is 0.0705. The van der Waals surface area contributed by atoms with Crippen molar-refractivity contribution in [2.24, 2.45) is 0 Å². The van der Waals surface area contributed by atoms with Crippen LogP contribution in [0.15, 0.2) is 18.2 Å². The molecule has 1 atom stereocenters. The Morgan fingerprint density at radius 2 is 2.00 bits per heavy atom. The molecule has 0 aromatic heterocycles. The average molecular weight is 336 g/mol. The molecule has 0 amide bonds. The first-order valence-electron chi connectivity index (χ1n) is 9.09. The minimum Gasteiger partial charge on any atom is -0.493 e. The molecule has 5 nitrogen and oxygen atoms in total. The zero-order valence-corrected chi connectivity index (χ0v) is 15.3. The van der Waals surface area contributed by atoms with Crippen LogP contribution in [-0.2, 0) is 6.54 Å². The van der Waals surface area contributed by atoms with Crippen LogP contribution in [0.4, 0.5) is 0 Å². The zero-order chi connectivity index (χ0) is 17.4. The zero-order valence-electron chi connectivity index (χ0n) is 15.3. The van der Waals surface area contributed by atoms with Crippen LogP contribution in [0.5, 0.6) is 11.5 Å². The van der Waals surface area contributed by atoms with Gasteiger partial charge in [0, 0.05) is 19.1 Å². The lowest BCUT2D eigenvalue weighted by Crippen LogP contribution is -2.35. The van der Waals surface area contributed by atoms with Gasteiger partial charge in [-0.1, -0.05) is 26.3 Å². The van der Waals surface area contributed by atoms with E-state index in [0.29, 0.717) is 24.1 Å². The molecule has 24 heavy (non-hydrogen) atoms. The SMILES string of the molecule is CCN(CC)CC(O)COc1cc(CNC2CCC2)ccc1OC. The van der Waals surface area contributed by atoms with Crippen LogP contribution in [-0.4, -0.2) is 55.5 Å². The van der Waals surface area contributed by atoms with Crippen molar-refractivity contribution in [2.75, 3.05) is 33.4 Å². The second-order valence-corrected chi connectivity index (χ2v) is 6.44. The van der Waals surface area contributed by atoms with Gasteiger partial charge >= 0.3 is 0 Å². The molecule has 2 rings (SSSR count). The Kier molecular flexibility index (Phi) is 7.82. The topological polar surface area (TPSA) is 54.0 Å². The Labute approximate surface area is 146 Å². The highest BCUT2D eigenvalue weighted by Gasteiger charge is 2.17. The number of aliphatic hydroxyl groups is 1. The number of aliphatic hydroxyl groups excluding tert-OH is 1. The van der Waals surface area contributed by atoms with E-state index < -0.39 is 6.10 Å². The average Bonchev–Trinajstić information content (AvgIpc) is 2.56. The third kappa shape index (κ3) is 5.65. The van der Waals surface area contributed by atoms with Crippen molar-refractivity contribution in [2.45, 2.75) is 51.8 Å². The number of nitrogens with zero attached hydrogens (tertiary/aromatic N) is 1. The van der Waals surface area contributed by atoms with Gasteiger partial charge in [0.25, 0.3) is 0 Å². The lowest BCUT2D eigenvalue weighted by atomic mass is 9.93. The molecular formula is C19H32N2O3. The molecule has 1 fully saturated rings. The minimum atomic E-state index is -0.508. The van der Waals surface area contributed by atoms with Crippen LogP contribution in [0.3, 0.4) is 0 Å². The number of rotatable bonds is 11. The van der Waals surface area contributed by atoms with Gasteiger partial charge in [0.15, 0.2) is 11.5 Å². The Balaban J connectivity index is 1.88. The Hall–Kier alpha value is -1.30. The second-order valence-electron chi connectivity index (χ2n) is 6.44. The predicted octanol–water partition coefficient (Wildman–Crippen LogP) is 2.42. The summed E-state index contributed by atoms with van der Waals surface area (Å²) in [5.74, 6) is 1.40. The first-order chi connectivity index (χ1) is 11.7. The monoisotopic (exact) mass is 336 g/mol. The molecule has 136 valence electrons. The standard InChI is InChI=1S/C19H32N2O3/c1-4-21(5-2)13-17(22)14-24-19-11-15(9-10-18(19)23-3)12-20-16-7-6-8-16/h9-11,16-17,20,22H,4-8,12-14H2,1-3H3. The number of hydrogen-bond donors (Lipinski definition) is 2. The third-order valence-corrected chi connectivity index (χ3v) is 4.72. The lowest BCUT2D eigenvalue weighted by Gasteiger charge is -2.26. The highest BCUT2D eigenvalue weighted by molar-refractivity contribution is 5.43. The van der Waals surface area contributed by atoms with Crippen molar-refractivity contribution < 1.29 is 14.6 Å². The summed E-state index contributed by atoms with van der Waals surface area (Å²) < 4.78 is 11.2. The maximum absolute atomic E-state index is 10.2. The molecule has 5 heteroatoms. The van der Waals surface area contributed by atoms with Crippen molar-refractivity contribution in [1.82, 2.24) is 10.2 Å². The highest BCUT2D eigenvalue weighted by Crippen LogP contribution is 2.28. The number of benzene rings is 1. The quantitative estimate of drug-likeness (QED) is 0.650. The van der Waals surface area contributed by atoms with Crippen LogP contribution in [0.1, 0.15) is 38.7 Å². The minimum absolute atomic E-state index is 0.270. The largest absolute Gasteiger partial charge is 0.493 e. The molecule has 1 aromatic carbocycles. The third-order valence-electron chi connectivity index (χ3n) is 4.72. The summed E-state index contributed by atoms with van der Waals surface area (Å²) in [6, 6.07) is 6.66. The number of likely N-dealkylation sites (N-methyl/N-ethyl adjacent to an activating group) is 1. The molecule has 0 aliphatic heterocycles. The molecular weight excluding hydrogens is 304 g/mol. The van der Waals surface area contributed by atoms with Gasteiger partial charge in [0.2, 0.25) is 0 Å². The van der Waals surface area contributed by atoms with Crippen LogP contribution in [0.2, 0.25) is 0 Å². The first-order valence-corrected chi connectivity index (χ1v) is 9.09. The van der Waals surface area contributed by atoms with Crippen molar-refractivity contribution in [3.8, 4) is 11.5 Å². The van der Waals surface area contributed by atoms with Crippen LogP contribution >= 0.6 is 0 Å². The van der Waals surface area contributed by atoms with E-state index in [-0.39, 0.29) is 6.61 Å². The Morgan fingerprint density at radius 1 is 1.25 bits per heavy atom. The number of nitrogens with one attached hydrogen (secondary N) is 1. The molecule has 1 aromatic rings. The normalized spacial score (nSPS) is 16.0. The van der Waals surface area contributed by atoms with E-state index in [2.05, 4.69) is 30.1 Å². The summed E-state index contributed by atoms with van der Waals surface area (Å²) in [6.07, 6.45) is 3.37. The molecule has 0 saturated heterocycles. The molecule has 0 radical (unpaired) electrons. The summed E-state index contributed by atoms with van der Waals surface area (Å²) in [5.41, 5.74) is 1.18. The van der Waals surface area contributed by atoms with E-state index in [1.54, 1.807) is 7.11 Å². The van der Waals surface area contributed by atoms with Gasteiger partial charge in [-0.15, -0.1) is 0 Å². The molecule has 0 bridgehead atoms. The van der Waals surface area contributed by atoms with Crippen LogP contribution in [0, 0.1) is 0 Å². The predicted molar refractivity (Wildman–Crippen MR) is 96.8 cm³/mol. The van der Waals surface area contributed by atoms with Gasteiger partial charge < -0.3 is 24.8 Å². The number of hydrogen-bond acceptors (Lipinski definition) is 5. The molecule has 0 spiro atoms. The molecule has 1 unspecified atom stereocenters. The van der Waals surface area contributed by atoms with E-state index in [1.165, 1.54) is 24.8 Å². The fraction of sp³-hybridized carbons (Fsp3) is 0.684. The number of ether oxygens (including phenoxy) is 2. The molecule has 1 aliphatic rings. The van der Waals surface area contributed by atoms with Crippen molar-refractivity contribution in [3.05, 3.63) is 23.8 Å². The summed E-state index contributed by atoms with van der Waals surface area (Å²) in [4.78, 5) is 2.18.